The molecule has 0 saturated heterocycles. The molecular formula is C13H24N2O. The molecule has 0 saturated carbocycles. The Morgan fingerprint density at radius 3 is 2.38 bits per heavy atom. The number of hydrogen-bond donors (Lipinski definition) is 1. The zero-order valence-electron chi connectivity index (χ0n) is 10.8. The number of aromatic hydroxyl groups is 1. The number of hydrogen-bond acceptors (Lipinski definition) is 2. The average Bonchev–Trinajstić information content (AvgIpc) is 2.60. The van der Waals surface area contributed by atoms with Crippen LogP contribution in [0.25, 0.3) is 0 Å². The van der Waals surface area contributed by atoms with Crippen LogP contribution >= 0.6 is 0 Å². The zero-order chi connectivity index (χ0) is 12.0. The third-order valence-corrected chi connectivity index (χ3v) is 2.93. The Hall–Kier alpha value is -0.990. The molecule has 0 spiro atoms. The van der Waals surface area contributed by atoms with E-state index in [-0.39, 0.29) is 0 Å². The highest BCUT2D eigenvalue weighted by Gasteiger charge is 2.14. The van der Waals surface area contributed by atoms with Gasteiger partial charge in [-0.2, -0.15) is 5.10 Å². The predicted octanol–water partition coefficient (Wildman–Crippen LogP) is 3.29. The van der Waals surface area contributed by atoms with Crippen LogP contribution in [-0.2, 0) is 19.4 Å². The molecule has 92 valence electrons. The van der Waals surface area contributed by atoms with Gasteiger partial charge in [-0.05, 0) is 25.7 Å². The van der Waals surface area contributed by atoms with Crippen molar-refractivity contribution in [3.8, 4) is 5.75 Å². The van der Waals surface area contributed by atoms with Gasteiger partial charge in [-0.1, -0.05) is 33.6 Å². The first-order valence-electron chi connectivity index (χ1n) is 6.52. The lowest BCUT2D eigenvalue weighted by Gasteiger charge is -2.06. The third kappa shape index (κ3) is 3.00. The zero-order valence-corrected chi connectivity index (χ0v) is 10.8. The van der Waals surface area contributed by atoms with Crippen LogP contribution in [0, 0.1) is 0 Å². The van der Waals surface area contributed by atoms with E-state index in [0.29, 0.717) is 5.75 Å². The summed E-state index contributed by atoms with van der Waals surface area (Å²) < 4.78 is 2.01. The summed E-state index contributed by atoms with van der Waals surface area (Å²) in [7, 11) is 0. The normalized spacial score (nSPS) is 10.9. The second-order valence-electron chi connectivity index (χ2n) is 4.28. The molecule has 0 atom stereocenters. The number of aromatic nitrogens is 2. The topological polar surface area (TPSA) is 38.1 Å². The summed E-state index contributed by atoms with van der Waals surface area (Å²) in [6.45, 7) is 7.32. The van der Waals surface area contributed by atoms with Crippen LogP contribution in [0.5, 0.6) is 5.75 Å². The fraction of sp³-hybridized carbons (Fsp3) is 0.769. The van der Waals surface area contributed by atoms with Crippen molar-refractivity contribution in [2.24, 2.45) is 0 Å². The average molecular weight is 224 g/mol. The molecule has 1 heterocycles. The molecule has 1 N–H and O–H groups in total. The van der Waals surface area contributed by atoms with E-state index in [1.807, 2.05) is 11.6 Å². The Morgan fingerprint density at radius 1 is 1.12 bits per heavy atom. The summed E-state index contributed by atoms with van der Waals surface area (Å²) in [5, 5.41) is 14.5. The molecule has 16 heavy (non-hydrogen) atoms. The van der Waals surface area contributed by atoms with E-state index in [1.165, 1.54) is 0 Å². The molecule has 0 radical (unpaired) electrons. The van der Waals surface area contributed by atoms with Crippen molar-refractivity contribution in [3.05, 3.63) is 11.4 Å². The highest BCUT2D eigenvalue weighted by atomic mass is 16.3. The Balaban J connectivity index is 2.85. The van der Waals surface area contributed by atoms with Gasteiger partial charge >= 0.3 is 0 Å². The van der Waals surface area contributed by atoms with Crippen molar-refractivity contribution in [2.45, 2.75) is 65.8 Å². The molecule has 3 heteroatoms. The standard InChI is InChI=1S/C13H24N2O/c1-4-7-9-12-13(16)11(6-3)14-15(12)10-8-5-2/h16H,4-10H2,1-3H3. The molecular weight excluding hydrogens is 200 g/mol. The van der Waals surface area contributed by atoms with Crippen molar-refractivity contribution in [1.82, 2.24) is 9.78 Å². The molecule has 0 aromatic carbocycles. The number of unbranched alkanes of at least 4 members (excludes halogenated alkanes) is 2. The molecule has 1 aromatic heterocycles. The van der Waals surface area contributed by atoms with Gasteiger partial charge in [0.1, 0.15) is 5.69 Å². The van der Waals surface area contributed by atoms with Crippen LogP contribution in [0.15, 0.2) is 0 Å². The van der Waals surface area contributed by atoms with E-state index < -0.39 is 0 Å². The molecule has 0 amide bonds. The van der Waals surface area contributed by atoms with Crippen molar-refractivity contribution in [1.29, 1.82) is 0 Å². The number of nitrogens with zero attached hydrogens (tertiary/aromatic N) is 2. The molecule has 3 nitrogen and oxygen atoms in total. The summed E-state index contributed by atoms with van der Waals surface area (Å²) in [6.07, 6.45) is 6.32. The molecule has 0 aliphatic carbocycles. The minimum atomic E-state index is 0.437. The Bertz CT molecular complexity index is 318. The van der Waals surface area contributed by atoms with Gasteiger partial charge in [0, 0.05) is 6.54 Å². The Labute approximate surface area is 98.5 Å². The number of rotatable bonds is 7. The van der Waals surface area contributed by atoms with Crippen LogP contribution in [0.1, 0.15) is 57.8 Å². The molecule has 0 unspecified atom stereocenters. The van der Waals surface area contributed by atoms with Crippen molar-refractivity contribution in [3.63, 3.8) is 0 Å². The van der Waals surface area contributed by atoms with Crippen LogP contribution in [0.3, 0.4) is 0 Å². The third-order valence-electron chi connectivity index (χ3n) is 2.93. The van der Waals surface area contributed by atoms with E-state index in [4.69, 9.17) is 0 Å². The summed E-state index contributed by atoms with van der Waals surface area (Å²) >= 11 is 0. The fourth-order valence-electron chi connectivity index (χ4n) is 1.86. The molecule has 1 rings (SSSR count). The second kappa shape index (κ2) is 6.56. The van der Waals surface area contributed by atoms with Gasteiger partial charge in [0.25, 0.3) is 0 Å². The predicted molar refractivity (Wildman–Crippen MR) is 66.8 cm³/mol. The van der Waals surface area contributed by atoms with E-state index in [9.17, 15) is 5.11 Å². The number of aryl methyl sites for hydroxylation is 2. The quantitative estimate of drug-likeness (QED) is 0.771. The van der Waals surface area contributed by atoms with Gasteiger partial charge in [0.2, 0.25) is 0 Å². The van der Waals surface area contributed by atoms with Crippen molar-refractivity contribution in [2.75, 3.05) is 0 Å². The summed E-state index contributed by atoms with van der Waals surface area (Å²) in [5.41, 5.74) is 1.88. The Kier molecular flexibility index (Phi) is 5.36. The summed E-state index contributed by atoms with van der Waals surface area (Å²) in [5.74, 6) is 0.437. The van der Waals surface area contributed by atoms with Crippen molar-refractivity contribution < 1.29 is 5.11 Å². The van der Waals surface area contributed by atoms with E-state index in [1.54, 1.807) is 0 Å². The molecule has 0 fully saturated rings. The molecule has 0 aliphatic rings. The van der Waals surface area contributed by atoms with Crippen LogP contribution in [0.4, 0.5) is 0 Å². The first kappa shape index (κ1) is 13.1. The molecule has 0 aliphatic heterocycles. The van der Waals surface area contributed by atoms with Gasteiger partial charge < -0.3 is 5.11 Å². The monoisotopic (exact) mass is 224 g/mol. The first-order valence-corrected chi connectivity index (χ1v) is 6.52. The van der Waals surface area contributed by atoms with Crippen LogP contribution in [0.2, 0.25) is 0 Å². The lowest BCUT2D eigenvalue weighted by Crippen LogP contribution is -2.05. The maximum absolute atomic E-state index is 10.1. The van der Waals surface area contributed by atoms with Crippen LogP contribution < -0.4 is 0 Å². The van der Waals surface area contributed by atoms with E-state index in [0.717, 1.165) is 56.5 Å². The van der Waals surface area contributed by atoms with Gasteiger partial charge in [0.15, 0.2) is 5.75 Å². The maximum atomic E-state index is 10.1. The second-order valence-corrected chi connectivity index (χ2v) is 4.28. The van der Waals surface area contributed by atoms with Gasteiger partial charge in [0.05, 0.1) is 5.69 Å². The first-order chi connectivity index (χ1) is 7.74. The summed E-state index contributed by atoms with van der Waals surface area (Å²) in [6, 6.07) is 0. The van der Waals surface area contributed by atoms with Crippen LogP contribution in [-0.4, -0.2) is 14.9 Å². The van der Waals surface area contributed by atoms with E-state index in [2.05, 4.69) is 18.9 Å². The minimum absolute atomic E-state index is 0.437. The van der Waals surface area contributed by atoms with E-state index >= 15 is 0 Å². The van der Waals surface area contributed by atoms with Gasteiger partial charge in [-0.25, -0.2) is 0 Å². The lowest BCUT2D eigenvalue weighted by atomic mass is 10.1. The van der Waals surface area contributed by atoms with Gasteiger partial charge in [-0.3, -0.25) is 4.68 Å². The Morgan fingerprint density at radius 2 is 1.81 bits per heavy atom. The highest BCUT2D eigenvalue weighted by molar-refractivity contribution is 5.32. The van der Waals surface area contributed by atoms with Gasteiger partial charge in [-0.15, -0.1) is 0 Å². The lowest BCUT2D eigenvalue weighted by molar-refractivity contribution is 0.455. The molecule has 1 aromatic rings. The van der Waals surface area contributed by atoms with Crippen molar-refractivity contribution >= 4 is 0 Å². The SMILES string of the molecule is CCCCc1c(O)c(CC)nn1CCCC. The summed E-state index contributed by atoms with van der Waals surface area (Å²) in [4.78, 5) is 0. The highest BCUT2D eigenvalue weighted by Crippen LogP contribution is 2.24. The molecule has 0 bridgehead atoms. The maximum Gasteiger partial charge on any atom is 0.160 e. The largest absolute Gasteiger partial charge is 0.504 e. The smallest absolute Gasteiger partial charge is 0.160 e. The minimum Gasteiger partial charge on any atom is -0.504 e. The fourth-order valence-corrected chi connectivity index (χ4v) is 1.86.